The van der Waals surface area contributed by atoms with Crippen molar-refractivity contribution in [1.82, 2.24) is 5.32 Å². The summed E-state index contributed by atoms with van der Waals surface area (Å²) in [5.74, 6) is 0. The van der Waals surface area contributed by atoms with Crippen LogP contribution in [0.25, 0.3) is 0 Å². The maximum atomic E-state index is 3.27. The summed E-state index contributed by atoms with van der Waals surface area (Å²) >= 11 is 0. The van der Waals surface area contributed by atoms with Gasteiger partial charge in [-0.1, -0.05) is 32.4 Å². The third-order valence-electron chi connectivity index (χ3n) is 1.36. The first-order chi connectivity index (χ1) is 4.91. The van der Waals surface area contributed by atoms with Crippen molar-refractivity contribution in [3.8, 4) is 0 Å². The van der Waals surface area contributed by atoms with E-state index in [0.29, 0.717) is 0 Å². The van der Waals surface area contributed by atoms with Gasteiger partial charge in [0.15, 0.2) is 0 Å². The molecule has 0 aliphatic carbocycles. The minimum Gasteiger partial charge on any atom is -0.317 e. The van der Waals surface area contributed by atoms with Crippen molar-refractivity contribution in [3.63, 3.8) is 0 Å². The molecule has 1 N–H and O–H groups in total. The summed E-state index contributed by atoms with van der Waals surface area (Å²) < 4.78 is 0. The van der Waals surface area contributed by atoms with Crippen molar-refractivity contribution in [2.45, 2.75) is 33.1 Å². The Kier molecular flexibility index (Phi) is 8.44. The summed E-state index contributed by atoms with van der Waals surface area (Å²) in [6.07, 6.45) is 8.18. The summed E-state index contributed by atoms with van der Waals surface area (Å²) in [5.41, 5.74) is 0. The van der Waals surface area contributed by atoms with E-state index in [0.717, 1.165) is 13.1 Å². The third-order valence-corrected chi connectivity index (χ3v) is 1.36. The maximum absolute atomic E-state index is 3.27. The topological polar surface area (TPSA) is 12.0 Å². The van der Waals surface area contributed by atoms with E-state index < -0.39 is 0 Å². The second-order valence-electron chi connectivity index (χ2n) is 2.40. The Balaban J connectivity index is 2.88. The molecule has 0 saturated carbocycles. The molecule has 1 nitrogen and oxygen atoms in total. The SMILES string of the molecule is CCC/C=C/CCNCC. The van der Waals surface area contributed by atoms with Crippen LogP contribution in [0, 0.1) is 0 Å². The fourth-order valence-corrected chi connectivity index (χ4v) is 0.765. The van der Waals surface area contributed by atoms with E-state index in [-0.39, 0.29) is 0 Å². The van der Waals surface area contributed by atoms with Gasteiger partial charge in [0.25, 0.3) is 0 Å². The van der Waals surface area contributed by atoms with E-state index in [1.165, 1.54) is 19.3 Å². The van der Waals surface area contributed by atoms with E-state index in [4.69, 9.17) is 0 Å². The molecule has 0 spiro atoms. The average Bonchev–Trinajstić information content (AvgIpc) is 1.97. The lowest BCUT2D eigenvalue weighted by Crippen LogP contribution is -2.12. The lowest BCUT2D eigenvalue weighted by molar-refractivity contribution is 0.725. The van der Waals surface area contributed by atoms with Crippen molar-refractivity contribution in [1.29, 1.82) is 0 Å². The Morgan fingerprint density at radius 3 is 2.40 bits per heavy atom. The molecule has 0 radical (unpaired) electrons. The highest BCUT2D eigenvalue weighted by atomic mass is 14.8. The number of hydrogen-bond donors (Lipinski definition) is 1. The van der Waals surface area contributed by atoms with Crippen LogP contribution in [0.1, 0.15) is 33.1 Å². The van der Waals surface area contributed by atoms with Crippen LogP contribution >= 0.6 is 0 Å². The van der Waals surface area contributed by atoms with Crippen molar-refractivity contribution in [2.24, 2.45) is 0 Å². The van der Waals surface area contributed by atoms with Gasteiger partial charge in [-0.3, -0.25) is 0 Å². The van der Waals surface area contributed by atoms with Crippen molar-refractivity contribution >= 4 is 0 Å². The van der Waals surface area contributed by atoms with Gasteiger partial charge in [0, 0.05) is 0 Å². The molecule has 0 atom stereocenters. The fourth-order valence-electron chi connectivity index (χ4n) is 0.765. The molecule has 0 aliphatic rings. The average molecular weight is 141 g/mol. The second kappa shape index (κ2) is 8.70. The first-order valence-corrected chi connectivity index (χ1v) is 4.27. The van der Waals surface area contributed by atoms with Gasteiger partial charge < -0.3 is 5.32 Å². The molecular weight excluding hydrogens is 122 g/mol. The molecule has 0 heterocycles. The molecular formula is C9H19N. The highest BCUT2D eigenvalue weighted by Gasteiger charge is 1.78. The van der Waals surface area contributed by atoms with Gasteiger partial charge in [0.05, 0.1) is 0 Å². The first kappa shape index (κ1) is 9.70. The zero-order valence-electron chi connectivity index (χ0n) is 7.19. The van der Waals surface area contributed by atoms with Crippen LogP contribution in [0.5, 0.6) is 0 Å². The Labute approximate surface area is 64.5 Å². The molecule has 0 rings (SSSR count). The maximum Gasteiger partial charge on any atom is -0.00144 e. The standard InChI is InChI=1S/C9H19N/c1-3-5-6-7-8-9-10-4-2/h6-7,10H,3-5,8-9H2,1-2H3/b7-6+. The lowest BCUT2D eigenvalue weighted by atomic mass is 10.3. The van der Waals surface area contributed by atoms with Crippen LogP contribution in [-0.2, 0) is 0 Å². The monoisotopic (exact) mass is 141 g/mol. The Morgan fingerprint density at radius 1 is 1.10 bits per heavy atom. The normalized spacial score (nSPS) is 11.0. The quantitative estimate of drug-likeness (QED) is 0.442. The van der Waals surface area contributed by atoms with Gasteiger partial charge in [-0.05, 0) is 25.9 Å². The van der Waals surface area contributed by atoms with E-state index in [9.17, 15) is 0 Å². The molecule has 0 amide bonds. The van der Waals surface area contributed by atoms with E-state index >= 15 is 0 Å². The van der Waals surface area contributed by atoms with E-state index in [1.54, 1.807) is 0 Å². The van der Waals surface area contributed by atoms with Crippen LogP contribution in [-0.4, -0.2) is 13.1 Å². The number of unbranched alkanes of at least 4 members (excludes halogenated alkanes) is 1. The Bertz CT molecular complexity index is 76.8. The zero-order chi connectivity index (χ0) is 7.66. The van der Waals surface area contributed by atoms with Crippen LogP contribution in [0.3, 0.4) is 0 Å². The molecule has 0 bridgehead atoms. The summed E-state index contributed by atoms with van der Waals surface area (Å²) in [4.78, 5) is 0. The number of hydrogen-bond acceptors (Lipinski definition) is 1. The molecule has 1 heteroatoms. The van der Waals surface area contributed by atoms with Gasteiger partial charge in [0.1, 0.15) is 0 Å². The molecule has 0 saturated heterocycles. The van der Waals surface area contributed by atoms with Crippen molar-refractivity contribution in [2.75, 3.05) is 13.1 Å². The first-order valence-electron chi connectivity index (χ1n) is 4.27. The summed E-state index contributed by atoms with van der Waals surface area (Å²) in [5, 5.41) is 3.27. The van der Waals surface area contributed by atoms with Crippen LogP contribution in [0.4, 0.5) is 0 Å². The van der Waals surface area contributed by atoms with E-state index in [2.05, 4.69) is 31.3 Å². The van der Waals surface area contributed by atoms with Gasteiger partial charge >= 0.3 is 0 Å². The van der Waals surface area contributed by atoms with Gasteiger partial charge in [-0.15, -0.1) is 0 Å². The molecule has 0 aromatic rings. The zero-order valence-corrected chi connectivity index (χ0v) is 7.19. The smallest absolute Gasteiger partial charge is 0.00144 e. The summed E-state index contributed by atoms with van der Waals surface area (Å²) in [6, 6.07) is 0. The van der Waals surface area contributed by atoms with Crippen molar-refractivity contribution < 1.29 is 0 Å². The van der Waals surface area contributed by atoms with Crippen molar-refractivity contribution in [3.05, 3.63) is 12.2 Å². The summed E-state index contributed by atoms with van der Waals surface area (Å²) in [7, 11) is 0. The van der Waals surface area contributed by atoms with Crippen LogP contribution < -0.4 is 5.32 Å². The second-order valence-corrected chi connectivity index (χ2v) is 2.40. The molecule has 10 heavy (non-hydrogen) atoms. The Morgan fingerprint density at radius 2 is 1.80 bits per heavy atom. The number of allylic oxidation sites excluding steroid dienone is 1. The molecule has 0 aromatic heterocycles. The molecule has 0 fully saturated rings. The van der Waals surface area contributed by atoms with Crippen LogP contribution in [0.15, 0.2) is 12.2 Å². The predicted molar refractivity (Wildman–Crippen MR) is 47.2 cm³/mol. The van der Waals surface area contributed by atoms with Gasteiger partial charge in [-0.25, -0.2) is 0 Å². The van der Waals surface area contributed by atoms with E-state index in [1.807, 2.05) is 0 Å². The summed E-state index contributed by atoms with van der Waals surface area (Å²) in [6.45, 7) is 6.54. The minimum atomic E-state index is 1.08. The van der Waals surface area contributed by atoms with Gasteiger partial charge in [-0.2, -0.15) is 0 Å². The number of rotatable bonds is 6. The highest BCUT2D eigenvalue weighted by Crippen LogP contribution is 1.89. The molecule has 0 aromatic carbocycles. The molecule has 60 valence electrons. The third kappa shape index (κ3) is 7.70. The molecule has 0 aliphatic heterocycles. The largest absolute Gasteiger partial charge is 0.317 e. The number of nitrogens with one attached hydrogen (secondary N) is 1. The highest BCUT2D eigenvalue weighted by molar-refractivity contribution is 4.81. The van der Waals surface area contributed by atoms with Crippen LogP contribution in [0.2, 0.25) is 0 Å². The Hall–Kier alpha value is -0.300. The minimum absolute atomic E-state index is 1.08. The lowest BCUT2D eigenvalue weighted by Gasteiger charge is -1.94. The fraction of sp³-hybridized carbons (Fsp3) is 0.778. The predicted octanol–water partition coefficient (Wildman–Crippen LogP) is 2.34. The molecule has 0 unspecified atom stereocenters. The van der Waals surface area contributed by atoms with Gasteiger partial charge in [0.2, 0.25) is 0 Å².